The molecular weight excluding hydrogens is 196 g/mol. The summed E-state index contributed by atoms with van der Waals surface area (Å²) >= 11 is 0. The zero-order valence-corrected chi connectivity index (χ0v) is 9.03. The van der Waals surface area contributed by atoms with Crippen LogP contribution in [0.15, 0.2) is 0 Å². The highest BCUT2D eigenvalue weighted by molar-refractivity contribution is 5.74. The fourth-order valence-electron chi connectivity index (χ4n) is 1.91. The summed E-state index contributed by atoms with van der Waals surface area (Å²) in [4.78, 5) is 23.5. The van der Waals surface area contributed by atoms with Crippen molar-refractivity contribution in [3.63, 3.8) is 0 Å². The Morgan fingerprint density at radius 3 is 2.80 bits per heavy atom. The lowest BCUT2D eigenvalue weighted by Crippen LogP contribution is -2.47. The highest BCUT2D eigenvalue weighted by Crippen LogP contribution is 2.16. The van der Waals surface area contributed by atoms with Gasteiger partial charge in [-0.2, -0.15) is 0 Å². The second kappa shape index (κ2) is 5.70. The Hall–Kier alpha value is -1.10. The fourth-order valence-corrected chi connectivity index (χ4v) is 1.91. The molecule has 1 heterocycles. The molecule has 0 bridgehead atoms. The maximum absolute atomic E-state index is 10.9. The van der Waals surface area contributed by atoms with Crippen LogP contribution in [0.3, 0.4) is 0 Å². The van der Waals surface area contributed by atoms with Gasteiger partial charge in [0.2, 0.25) is 5.91 Å². The fraction of sp³-hybridized carbons (Fsp3) is 0.800. The monoisotopic (exact) mass is 214 g/mol. The van der Waals surface area contributed by atoms with Crippen LogP contribution in [-0.2, 0) is 9.59 Å². The molecule has 1 rings (SSSR count). The minimum absolute atomic E-state index is 0.0705. The van der Waals surface area contributed by atoms with E-state index in [1.54, 1.807) is 0 Å². The van der Waals surface area contributed by atoms with Gasteiger partial charge in [0.15, 0.2) is 0 Å². The standard InChI is InChI=1S/C10H18N2O3/c1-8(13)11-5-7-12-6-3-2-4-9(12)10(14)15/h9H,2-7H2,1H3,(H,11,13)(H,14,15). The summed E-state index contributed by atoms with van der Waals surface area (Å²) in [6.07, 6.45) is 2.74. The number of amides is 1. The zero-order valence-electron chi connectivity index (χ0n) is 9.03. The number of nitrogens with one attached hydrogen (secondary N) is 1. The number of carboxylic acid groups (broad SMARTS) is 1. The van der Waals surface area contributed by atoms with Crippen molar-refractivity contribution < 1.29 is 14.7 Å². The molecule has 1 aliphatic heterocycles. The SMILES string of the molecule is CC(=O)NCCN1CCCCC1C(=O)O. The molecule has 1 saturated heterocycles. The van der Waals surface area contributed by atoms with Crippen LogP contribution in [0, 0.1) is 0 Å². The highest BCUT2D eigenvalue weighted by Gasteiger charge is 2.27. The van der Waals surface area contributed by atoms with Crippen LogP contribution in [0.1, 0.15) is 26.2 Å². The molecule has 1 aliphatic rings. The van der Waals surface area contributed by atoms with E-state index in [9.17, 15) is 9.59 Å². The van der Waals surface area contributed by atoms with Gasteiger partial charge < -0.3 is 10.4 Å². The van der Waals surface area contributed by atoms with Crippen LogP contribution in [0.5, 0.6) is 0 Å². The molecule has 0 aromatic rings. The zero-order chi connectivity index (χ0) is 11.3. The van der Waals surface area contributed by atoms with Gasteiger partial charge in [-0.1, -0.05) is 6.42 Å². The number of hydrogen-bond donors (Lipinski definition) is 2. The molecule has 0 aliphatic carbocycles. The second-order valence-corrected chi connectivity index (χ2v) is 3.87. The molecule has 5 heteroatoms. The summed E-state index contributed by atoms with van der Waals surface area (Å²) < 4.78 is 0. The number of carbonyl (C=O) groups is 2. The molecule has 0 saturated carbocycles. The Balaban J connectivity index is 2.36. The summed E-state index contributed by atoms with van der Waals surface area (Å²) in [5.74, 6) is -0.823. The van der Waals surface area contributed by atoms with E-state index in [1.807, 2.05) is 4.90 Å². The van der Waals surface area contributed by atoms with Gasteiger partial charge in [-0.05, 0) is 19.4 Å². The topological polar surface area (TPSA) is 69.6 Å². The Morgan fingerprint density at radius 2 is 2.20 bits per heavy atom. The third-order valence-corrected chi connectivity index (χ3v) is 2.67. The molecule has 86 valence electrons. The number of carbonyl (C=O) groups excluding carboxylic acids is 1. The summed E-state index contributed by atoms with van der Waals surface area (Å²) in [6, 6.07) is -0.368. The third-order valence-electron chi connectivity index (χ3n) is 2.67. The summed E-state index contributed by atoms with van der Waals surface area (Å²) in [5, 5.41) is 11.7. The number of piperidine rings is 1. The predicted molar refractivity (Wildman–Crippen MR) is 55.5 cm³/mol. The molecule has 5 nitrogen and oxygen atoms in total. The molecule has 0 aromatic carbocycles. The normalized spacial score (nSPS) is 22.3. The van der Waals surface area contributed by atoms with Gasteiger partial charge in [-0.25, -0.2) is 0 Å². The van der Waals surface area contributed by atoms with Gasteiger partial charge in [0.1, 0.15) is 6.04 Å². The lowest BCUT2D eigenvalue weighted by molar-refractivity contribution is -0.144. The van der Waals surface area contributed by atoms with Crippen molar-refractivity contribution >= 4 is 11.9 Å². The number of hydrogen-bond acceptors (Lipinski definition) is 3. The lowest BCUT2D eigenvalue weighted by atomic mass is 10.0. The quantitative estimate of drug-likeness (QED) is 0.694. The Labute approximate surface area is 89.4 Å². The van der Waals surface area contributed by atoms with Crippen molar-refractivity contribution in [3.05, 3.63) is 0 Å². The van der Waals surface area contributed by atoms with Gasteiger partial charge in [-0.3, -0.25) is 14.5 Å². The third kappa shape index (κ3) is 3.87. The molecule has 1 fully saturated rings. The summed E-state index contributed by atoms with van der Waals surface area (Å²) in [6.45, 7) is 3.43. The first-order valence-corrected chi connectivity index (χ1v) is 5.32. The van der Waals surface area contributed by atoms with Crippen LogP contribution in [0.2, 0.25) is 0 Å². The van der Waals surface area contributed by atoms with Gasteiger partial charge in [0.25, 0.3) is 0 Å². The van der Waals surface area contributed by atoms with E-state index in [4.69, 9.17) is 5.11 Å². The molecule has 1 unspecified atom stereocenters. The number of rotatable bonds is 4. The largest absolute Gasteiger partial charge is 0.480 e. The molecule has 0 spiro atoms. The molecule has 0 radical (unpaired) electrons. The van der Waals surface area contributed by atoms with Crippen LogP contribution < -0.4 is 5.32 Å². The van der Waals surface area contributed by atoms with Gasteiger partial charge in [0.05, 0.1) is 0 Å². The maximum atomic E-state index is 10.9. The number of nitrogens with zero attached hydrogens (tertiary/aromatic N) is 1. The molecule has 1 atom stereocenters. The van der Waals surface area contributed by atoms with E-state index in [1.165, 1.54) is 6.92 Å². The van der Waals surface area contributed by atoms with Crippen molar-refractivity contribution in [2.24, 2.45) is 0 Å². The van der Waals surface area contributed by atoms with Crippen molar-refractivity contribution in [2.45, 2.75) is 32.2 Å². The Bertz CT molecular complexity index is 243. The first kappa shape index (κ1) is 12.0. The van der Waals surface area contributed by atoms with Gasteiger partial charge in [-0.15, -0.1) is 0 Å². The average molecular weight is 214 g/mol. The maximum Gasteiger partial charge on any atom is 0.320 e. The Kier molecular flexibility index (Phi) is 4.55. The van der Waals surface area contributed by atoms with Crippen molar-refractivity contribution in [1.82, 2.24) is 10.2 Å². The van der Waals surface area contributed by atoms with Crippen molar-refractivity contribution in [3.8, 4) is 0 Å². The predicted octanol–water partition coefficient (Wildman–Crippen LogP) is 0.0616. The molecule has 0 aromatic heterocycles. The van der Waals surface area contributed by atoms with Crippen LogP contribution >= 0.6 is 0 Å². The highest BCUT2D eigenvalue weighted by atomic mass is 16.4. The lowest BCUT2D eigenvalue weighted by Gasteiger charge is -2.32. The molecule has 2 N–H and O–H groups in total. The Morgan fingerprint density at radius 1 is 1.47 bits per heavy atom. The number of aliphatic carboxylic acids is 1. The summed E-state index contributed by atoms with van der Waals surface area (Å²) in [5.41, 5.74) is 0. The molecule has 1 amide bonds. The van der Waals surface area contributed by atoms with E-state index in [0.717, 1.165) is 25.8 Å². The first-order valence-electron chi connectivity index (χ1n) is 5.32. The van der Waals surface area contributed by atoms with Crippen molar-refractivity contribution in [1.29, 1.82) is 0 Å². The van der Waals surface area contributed by atoms with Crippen LogP contribution in [0.4, 0.5) is 0 Å². The summed E-state index contributed by atoms with van der Waals surface area (Å²) in [7, 11) is 0. The van der Waals surface area contributed by atoms with Crippen LogP contribution in [-0.4, -0.2) is 47.6 Å². The second-order valence-electron chi connectivity index (χ2n) is 3.87. The number of carboxylic acids is 1. The van der Waals surface area contributed by atoms with Gasteiger partial charge in [0, 0.05) is 20.0 Å². The minimum Gasteiger partial charge on any atom is -0.480 e. The molecule has 15 heavy (non-hydrogen) atoms. The van der Waals surface area contributed by atoms with E-state index in [-0.39, 0.29) is 11.9 Å². The van der Waals surface area contributed by atoms with Crippen molar-refractivity contribution in [2.75, 3.05) is 19.6 Å². The van der Waals surface area contributed by atoms with E-state index in [0.29, 0.717) is 13.1 Å². The number of likely N-dealkylation sites (tertiary alicyclic amines) is 1. The van der Waals surface area contributed by atoms with E-state index in [2.05, 4.69) is 5.32 Å². The molecular formula is C10H18N2O3. The van der Waals surface area contributed by atoms with E-state index < -0.39 is 5.97 Å². The smallest absolute Gasteiger partial charge is 0.320 e. The van der Waals surface area contributed by atoms with Crippen LogP contribution in [0.25, 0.3) is 0 Å². The van der Waals surface area contributed by atoms with E-state index >= 15 is 0 Å². The average Bonchev–Trinajstić information content (AvgIpc) is 2.17. The van der Waals surface area contributed by atoms with Gasteiger partial charge >= 0.3 is 5.97 Å². The minimum atomic E-state index is -0.752. The first-order chi connectivity index (χ1) is 7.11.